The van der Waals surface area contributed by atoms with Crippen molar-refractivity contribution in [2.75, 3.05) is 40.9 Å². The van der Waals surface area contributed by atoms with Gasteiger partial charge < -0.3 is 28.8 Å². The van der Waals surface area contributed by atoms with Crippen LogP contribution in [0.5, 0.6) is 0 Å². The molecule has 0 radical (unpaired) electrons. The number of nitrogens with zero attached hydrogens (tertiary/aromatic N) is 1. The summed E-state index contributed by atoms with van der Waals surface area (Å²) >= 11 is 0. The molecule has 77 heavy (non-hydrogen) atoms. The maximum atomic E-state index is 13.0. The first-order chi connectivity index (χ1) is 37.5. The number of carbonyl (C=O) groups excluding carboxylic acids is 1. The van der Waals surface area contributed by atoms with E-state index in [1.54, 1.807) is 6.08 Å². The zero-order chi connectivity index (χ0) is 56.3. The van der Waals surface area contributed by atoms with E-state index in [9.17, 15) is 19.4 Å². The molecule has 9 heteroatoms. The van der Waals surface area contributed by atoms with E-state index in [1.807, 2.05) is 27.2 Å². The third kappa shape index (κ3) is 62.2. The predicted molar refractivity (Wildman–Crippen MR) is 335 cm³/mol. The Bertz CT molecular complexity index is 1350. The van der Waals surface area contributed by atoms with Gasteiger partial charge in [-0.25, -0.2) is 0 Å². The molecule has 0 aliphatic rings. The Kier molecular flexibility index (Phi) is 58.4. The number of aliphatic hydroxyl groups is 1. The van der Waals surface area contributed by atoms with Gasteiger partial charge >= 0.3 is 0 Å². The molecule has 0 aliphatic heterocycles. The summed E-state index contributed by atoms with van der Waals surface area (Å²) in [6.45, 7) is 4.69. The Morgan fingerprint density at radius 2 is 0.753 bits per heavy atom. The number of amides is 1. The van der Waals surface area contributed by atoms with Crippen LogP contribution in [0.2, 0.25) is 0 Å². The summed E-state index contributed by atoms with van der Waals surface area (Å²) < 4.78 is 23.5. The van der Waals surface area contributed by atoms with E-state index in [4.69, 9.17) is 9.05 Å². The lowest BCUT2D eigenvalue weighted by Crippen LogP contribution is -2.45. The normalized spacial score (nSPS) is 13.9. The van der Waals surface area contributed by atoms with Gasteiger partial charge in [0.1, 0.15) is 13.2 Å². The van der Waals surface area contributed by atoms with Crippen molar-refractivity contribution in [1.82, 2.24) is 5.32 Å². The van der Waals surface area contributed by atoms with Gasteiger partial charge in [0.05, 0.1) is 39.9 Å². The van der Waals surface area contributed by atoms with Gasteiger partial charge in [-0.05, 0) is 51.4 Å². The Labute approximate surface area is 480 Å². The van der Waals surface area contributed by atoms with Crippen LogP contribution in [0, 0.1) is 0 Å². The number of phosphoric acid groups is 1. The van der Waals surface area contributed by atoms with Gasteiger partial charge in [0, 0.05) is 6.42 Å². The van der Waals surface area contributed by atoms with E-state index in [1.165, 1.54) is 276 Å². The third-order valence-corrected chi connectivity index (χ3v) is 16.6. The van der Waals surface area contributed by atoms with Gasteiger partial charge in [-0.3, -0.25) is 9.36 Å². The topological polar surface area (TPSA) is 108 Å². The SMILES string of the molecule is CCCCCCC/C=C\C/C=C\CCCCCCCCCCCCCCCCCC(=O)NC(COP(=O)([O-])OCC[N+](C)(C)C)C(O)/C=C/CCCCCCCCCCCCCCCCCCCCCCCCCCCC. The number of phosphoric ester groups is 1. The van der Waals surface area contributed by atoms with Crippen LogP contribution >= 0.6 is 7.82 Å². The molecule has 1 amide bonds. The number of nitrogens with one attached hydrogen (secondary N) is 1. The zero-order valence-corrected chi connectivity index (χ0v) is 53.1. The van der Waals surface area contributed by atoms with Crippen molar-refractivity contribution in [2.24, 2.45) is 0 Å². The summed E-state index contributed by atoms with van der Waals surface area (Å²) in [5.41, 5.74) is 0. The highest BCUT2D eigenvalue weighted by atomic mass is 31.2. The van der Waals surface area contributed by atoms with Crippen molar-refractivity contribution < 1.29 is 32.9 Å². The quantitative estimate of drug-likeness (QED) is 0.0272. The molecule has 0 aromatic rings. The molecule has 456 valence electrons. The Hall–Kier alpha value is -1.28. The van der Waals surface area contributed by atoms with Gasteiger partial charge in [-0.1, -0.05) is 320 Å². The maximum Gasteiger partial charge on any atom is 0.268 e. The fourth-order valence-electron chi connectivity index (χ4n) is 10.3. The summed E-state index contributed by atoms with van der Waals surface area (Å²) in [7, 11) is 1.28. The number of hydrogen-bond donors (Lipinski definition) is 2. The number of likely N-dealkylation sites (N-methyl/N-ethyl adjacent to an activating group) is 1. The van der Waals surface area contributed by atoms with Crippen molar-refractivity contribution >= 4 is 13.7 Å². The molecule has 0 aromatic carbocycles. The van der Waals surface area contributed by atoms with Gasteiger partial charge in [0.25, 0.3) is 7.82 Å². The van der Waals surface area contributed by atoms with E-state index in [0.29, 0.717) is 17.4 Å². The highest BCUT2D eigenvalue weighted by molar-refractivity contribution is 7.45. The standard InChI is InChI=1S/C68H133N2O6P/c1-6-8-10-12-14-16-18-20-22-24-26-28-30-32-34-36-37-39-41-43-45-47-49-51-53-55-57-59-61-67(71)66(65-76-77(73,74)75-64-63-70(3,4)5)69-68(72)62-60-58-56-54-52-50-48-46-44-42-40-38-35-33-31-29-27-25-23-21-19-17-15-13-11-9-7-2/h19,21,25,27,59,61,66-67,71H,6-18,20,22-24,26,28-58,60,62-65H2,1-5H3,(H-,69,72,73,74)/b21-19-,27-25-,61-59+. The van der Waals surface area contributed by atoms with Crippen molar-refractivity contribution in [3.63, 3.8) is 0 Å². The number of hydrogen-bond acceptors (Lipinski definition) is 6. The number of carbonyl (C=O) groups is 1. The first-order valence-electron chi connectivity index (χ1n) is 33.9. The van der Waals surface area contributed by atoms with Crippen LogP contribution in [-0.4, -0.2) is 68.5 Å². The fraction of sp³-hybridized carbons (Fsp3) is 0.897. The summed E-state index contributed by atoms with van der Waals surface area (Å²) in [6.07, 6.45) is 78.2. The summed E-state index contributed by atoms with van der Waals surface area (Å²) in [4.78, 5) is 25.6. The molecule has 3 atom stereocenters. The molecule has 8 nitrogen and oxygen atoms in total. The van der Waals surface area contributed by atoms with Gasteiger partial charge in [0.15, 0.2) is 0 Å². The molecule has 0 aliphatic carbocycles. The minimum absolute atomic E-state index is 0.000424. The van der Waals surface area contributed by atoms with E-state index in [2.05, 4.69) is 43.5 Å². The van der Waals surface area contributed by atoms with Crippen LogP contribution in [0.3, 0.4) is 0 Å². The highest BCUT2D eigenvalue weighted by Gasteiger charge is 2.23. The number of aliphatic hydroxyl groups excluding tert-OH is 1. The van der Waals surface area contributed by atoms with Gasteiger partial charge in [0.2, 0.25) is 5.91 Å². The minimum atomic E-state index is -4.60. The second-order valence-electron chi connectivity index (χ2n) is 24.5. The third-order valence-electron chi connectivity index (χ3n) is 15.6. The lowest BCUT2D eigenvalue weighted by Gasteiger charge is -2.29. The average Bonchev–Trinajstić information content (AvgIpc) is 3.39. The molecular weight excluding hydrogens is 972 g/mol. The number of rotatable bonds is 63. The van der Waals surface area contributed by atoms with Crippen LogP contribution in [-0.2, 0) is 18.4 Å². The molecule has 0 heterocycles. The van der Waals surface area contributed by atoms with Gasteiger partial charge in [-0.15, -0.1) is 0 Å². The van der Waals surface area contributed by atoms with Gasteiger partial charge in [-0.2, -0.15) is 0 Å². The molecule has 0 aromatic heterocycles. The first-order valence-corrected chi connectivity index (χ1v) is 35.3. The van der Waals surface area contributed by atoms with Crippen LogP contribution in [0.25, 0.3) is 0 Å². The van der Waals surface area contributed by atoms with E-state index in [-0.39, 0.29) is 19.1 Å². The van der Waals surface area contributed by atoms with Crippen molar-refractivity contribution in [3.8, 4) is 0 Å². The highest BCUT2D eigenvalue weighted by Crippen LogP contribution is 2.38. The molecular formula is C68H133N2O6P. The second-order valence-corrected chi connectivity index (χ2v) is 25.9. The number of unbranched alkanes of at least 4 members (excludes halogenated alkanes) is 46. The maximum absolute atomic E-state index is 13.0. The lowest BCUT2D eigenvalue weighted by atomic mass is 10.0. The predicted octanol–water partition coefficient (Wildman–Crippen LogP) is 20.6. The summed E-state index contributed by atoms with van der Waals surface area (Å²) in [5, 5.41) is 14.0. The van der Waals surface area contributed by atoms with E-state index in [0.717, 1.165) is 44.9 Å². The Balaban J connectivity index is 4.08. The monoisotopic (exact) mass is 1100 g/mol. The van der Waals surface area contributed by atoms with E-state index < -0.39 is 20.0 Å². The van der Waals surface area contributed by atoms with Crippen molar-refractivity contribution in [2.45, 2.75) is 353 Å². The minimum Gasteiger partial charge on any atom is -0.756 e. The lowest BCUT2D eigenvalue weighted by molar-refractivity contribution is -0.870. The van der Waals surface area contributed by atoms with Crippen LogP contribution in [0.4, 0.5) is 0 Å². The second kappa shape index (κ2) is 59.3. The molecule has 0 rings (SSSR count). The smallest absolute Gasteiger partial charge is 0.268 e. The first kappa shape index (κ1) is 75.7. The van der Waals surface area contributed by atoms with Crippen LogP contribution < -0.4 is 10.2 Å². The van der Waals surface area contributed by atoms with E-state index >= 15 is 0 Å². The fourth-order valence-corrected chi connectivity index (χ4v) is 11.0. The summed E-state index contributed by atoms with van der Waals surface area (Å²) in [5.74, 6) is -0.192. The zero-order valence-electron chi connectivity index (χ0n) is 52.2. The molecule has 0 bridgehead atoms. The molecule has 0 saturated heterocycles. The molecule has 3 unspecified atom stereocenters. The Morgan fingerprint density at radius 3 is 1.08 bits per heavy atom. The van der Waals surface area contributed by atoms with Crippen LogP contribution in [0.15, 0.2) is 36.5 Å². The van der Waals surface area contributed by atoms with Crippen molar-refractivity contribution in [1.29, 1.82) is 0 Å². The molecule has 0 spiro atoms. The summed E-state index contributed by atoms with van der Waals surface area (Å²) in [6, 6.07) is -0.887. The Morgan fingerprint density at radius 1 is 0.455 bits per heavy atom. The molecule has 2 N–H and O–H groups in total. The largest absolute Gasteiger partial charge is 0.756 e. The molecule has 0 saturated carbocycles. The number of quaternary nitrogens is 1. The average molecular weight is 1110 g/mol. The van der Waals surface area contributed by atoms with Crippen molar-refractivity contribution in [3.05, 3.63) is 36.5 Å². The number of allylic oxidation sites excluding steroid dienone is 5. The van der Waals surface area contributed by atoms with Crippen LogP contribution in [0.1, 0.15) is 341 Å². The molecule has 0 fully saturated rings.